The Hall–Kier alpha value is -2.29. The van der Waals surface area contributed by atoms with Gasteiger partial charge in [0.1, 0.15) is 13.2 Å². The molecule has 2 aromatic heterocycles. The van der Waals surface area contributed by atoms with Crippen molar-refractivity contribution in [3.63, 3.8) is 0 Å². The third-order valence-electron chi connectivity index (χ3n) is 4.15. The molecule has 1 aliphatic heterocycles. The molecule has 0 bridgehead atoms. The second-order valence-electron chi connectivity index (χ2n) is 5.87. The first-order chi connectivity index (χ1) is 13.3. The first-order valence-corrected chi connectivity index (χ1v) is 11.3. The summed E-state index contributed by atoms with van der Waals surface area (Å²) in [6, 6.07) is 12.3. The predicted octanol–water partition coefficient (Wildman–Crippen LogP) is 5.66. The molecule has 0 saturated heterocycles. The number of anilines is 2. The van der Waals surface area contributed by atoms with Crippen LogP contribution in [-0.2, 0) is 0 Å². The van der Waals surface area contributed by atoms with Crippen LogP contribution in [0.15, 0.2) is 46.7 Å². The highest BCUT2D eigenvalue weighted by molar-refractivity contribution is 7.98. The Morgan fingerprint density at radius 2 is 1.89 bits per heavy atom. The predicted molar refractivity (Wildman–Crippen MR) is 113 cm³/mol. The fourth-order valence-corrected chi connectivity index (χ4v) is 5.05. The maximum Gasteiger partial charge on any atom is 0.190 e. The van der Waals surface area contributed by atoms with Crippen molar-refractivity contribution in [3.05, 3.63) is 41.8 Å². The maximum absolute atomic E-state index is 5.67. The van der Waals surface area contributed by atoms with E-state index in [0.29, 0.717) is 13.2 Å². The number of nitrogens with one attached hydrogen (secondary N) is 1. The number of ether oxygens (including phenoxy) is 2. The highest BCUT2D eigenvalue weighted by Crippen LogP contribution is 2.36. The maximum atomic E-state index is 5.67. The van der Waals surface area contributed by atoms with Gasteiger partial charge in [-0.15, -0.1) is 23.1 Å². The second kappa shape index (κ2) is 7.03. The van der Waals surface area contributed by atoms with E-state index in [4.69, 9.17) is 14.5 Å². The smallest absolute Gasteiger partial charge is 0.190 e. The van der Waals surface area contributed by atoms with Crippen LogP contribution in [0.2, 0.25) is 0 Å². The summed E-state index contributed by atoms with van der Waals surface area (Å²) in [7, 11) is 0. The fourth-order valence-electron chi connectivity index (χ4n) is 2.84. The lowest BCUT2D eigenvalue weighted by Crippen LogP contribution is -2.15. The van der Waals surface area contributed by atoms with Crippen LogP contribution in [-0.4, -0.2) is 29.4 Å². The lowest BCUT2D eigenvalue weighted by atomic mass is 10.1. The lowest BCUT2D eigenvalue weighted by Gasteiger charge is -2.18. The summed E-state index contributed by atoms with van der Waals surface area (Å²) in [5.74, 6) is 1.56. The van der Waals surface area contributed by atoms with E-state index in [1.807, 2.05) is 23.6 Å². The number of hydrogen-bond donors (Lipinski definition) is 1. The van der Waals surface area contributed by atoms with Crippen LogP contribution >= 0.6 is 34.4 Å². The SMILES string of the molecule is CSc1ccc2nc(Nc3nc(-c4ccc5c(c4)OCCO5)cs3)sc2c1. The minimum Gasteiger partial charge on any atom is -0.486 e. The third kappa shape index (κ3) is 3.36. The Morgan fingerprint density at radius 3 is 2.78 bits per heavy atom. The number of fused-ring (bicyclic) bond motifs is 2. The molecule has 27 heavy (non-hydrogen) atoms. The van der Waals surface area contributed by atoms with Crippen LogP contribution in [0.3, 0.4) is 0 Å². The number of benzene rings is 2. The molecule has 1 aliphatic rings. The zero-order valence-electron chi connectivity index (χ0n) is 14.4. The van der Waals surface area contributed by atoms with E-state index in [-0.39, 0.29) is 0 Å². The highest BCUT2D eigenvalue weighted by Gasteiger charge is 2.14. The minimum absolute atomic E-state index is 0.580. The van der Waals surface area contributed by atoms with Gasteiger partial charge < -0.3 is 14.8 Å². The van der Waals surface area contributed by atoms with Crippen molar-refractivity contribution >= 4 is 54.9 Å². The second-order valence-corrected chi connectivity index (χ2v) is 8.64. The van der Waals surface area contributed by atoms with Crippen molar-refractivity contribution in [3.8, 4) is 22.8 Å². The molecular formula is C19H15N3O2S3. The number of thioether (sulfide) groups is 1. The van der Waals surface area contributed by atoms with Crippen LogP contribution in [0.1, 0.15) is 0 Å². The van der Waals surface area contributed by atoms with Gasteiger partial charge in [-0.25, -0.2) is 9.97 Å². The summed E-state index contributed by atoms with van der Waals surface area (Å²) in [5.41, 5.74) is 2.92. The third-order valence-corrected chi connectivity index (χ3v) is 6.57. The molecule has 0 spiro atoms. The van der Waals surface area contributed by atoms with Gasteiger partial charge in [0, 0.05) is 15.8 Å². The van der Waals surface area contributed by atoms with E-state index >= 15 is 0 Å². The van der Waals surface area contributed by atoms with Crippen LogP contribution < -0.4 is 14.8 Å². The van der Waals surface area contributed by atoms with Crippen molar-refractivity contribution in [2.75, 3.05) is 24.8 Å². The van der Waals surface area contributed by atoms with Gasteiger partial charge in [-0.1, -0.05) is 11.3 Å². The summed E-state index contributed by atoms with van der Waals surface area (Å²) < 4.78 is 12.4. The zero-order chi connectivity index (χ0) is 18.2. The molecule has 0 unspecified atom stereocenters. The molecule has 0 aliphatic carbocycles. The Kier molecular flexibility index (Phi) is 4.39. The first-order valence-electron chi connectivity index (χ1n) is 8.36. The number of aromatic nitrogens is 2. The summed E-state index contributed by atoms with van der Waals surface area (Å²) in [6.07, 6.45) is 2.08. The standard InChI is InChI=1S/C19H15N3O2S3/c1-25-12-3-4-13-17(9-12)27-19(20-13)22-18-21-14(10-26-18)11-2-5-15-16(8-11)24-7-6-23-15/h2-5,8-10H,6-7H2,1H3,(H,20,21,22). The van der Waals surface area contributed by atoms with Crippen molar-refractivity contribution in [1.82, 2.24) is 9.97 Å². The monoisotopic (exact) mass is 413 g/mol. The molecule has 1 N–H and O–H groups in total. The molecular weight excluding hydrogens is 398 g/mol. The first kappa shape index (κ1) is 16.9. The average Bonchev–Trinajstić information content (AvgIpc) is 3.33. The van der Waals surface area contributed by atoms with Gasteiger partial charge in [0.2, 0.25) is 0 Å². The van der Waals surface area contributed by atoms with Gasteiger partial charge in [0.05, 0.1) is 15.9 Å². The van der Waals surface area contributed by atoms with Gasteiger partial charge in [-0.05, 0) is 42.7 Å². The lowest BCUT2D eigenvalue weighted by molar-refractivity contribution is 0.171. The Labute approximate surface area is 168 Å². The Morgan fingerprint density at radius 1 is 1.00 bits per heavy atom. The molecule has 0 atom stereocenters. The van der Waals surface area contributed by atoms with E-state index in [2.05, 4.69) is 34.8 Å². The molecule has 2 aromatic carbocycles. The van der Waals surface area contributed by atoms with E-state index in [9.17, 15) is 0 Å². The van der Waals surface area contributed by atoms with Crippen LogP contribution in [0.4, 0.5) is 10.3 Å². The highest BCUT2D eigenvalue weighted by atomic mass is 32.2. The molecule has 0 fully saturated rings. The molecule has 5 rings (SSSR count). The molecule has 0 saturated carbocycles. The molecule has 8 heteroatoms. The molecule has 5 nitrogen and oxygen atoms in total. The van der Waals surface area contributed by atoms with Gasteiger partial charge in [0.15, 0.2) is 21.8 Å². The topological polar surface area (TPSA) is 56.3 Å². The Balaban J connectivity index is 1.39. The van der Waals surface area contributed by atoms with Crippen LogP contribution in [0.5, 0.6) is 11.5 Å². The number of rotatable bonds is 4. The quantitative estimate of drug-likeness (QED) is 0.436. The minimum atomic E-state index is 0.580. The fraction of sp³-hybridized carbons (Fsp3) is 0.158. The van der Waals surface area contributed by atoms with Crippen LogP contribution in [0, 0.1) is 0 Å². The van der Waals surface area contributed by atoms with Gasteiger partial charge in [-0.2, -0.15) is 0 Å². The summed E-state index contributed by atoms with van der Waals surface area (Å²) in [5, 5.41) is 7.05. The van der Waals surface area contributed by atoms with Crippen molar-refractivity contribution in [2.24, 2.45) is 0 Å². The van der Waals surface area contributed by atoms with E-state index in [1.54, 1.807) is 34.4 Å². The largest absolute Gasteiger partial charge is 0.486 e. The van der Waals surface area contributed by atoms with E-state index in [1.165, 1.54) is 9.60 Å². The number of hydrogen-bond acceptors (Lipinski definition) is 8. The summed E-state index contributed by atoms with van der Waals surface area (Å²) in [6.45, 7) is 1.17. The summed E-state index contributed by atoms with van der Waals surface area (Å²) in [4.78, 5) is 10.6. The Bertz CT molecular complexity index is 1120. The molecule has 0 amide bonds. The normalized spacial score (nSPS) is 13.1. The van der Waals surface area contributed by atoms with Gasteiger partial charge >= 0.3 is 0 Å². The van der Waals surface area contributed by atoms with Gasteiger partial charge in [-0.3, -0.25) is 0 Å². The molecule has 0 radical (unpaired) electrons. The van der Waals surface area contributed by atoms with E-state index < -0.39 is 0 Å². The van der Waals surface area contributed by atoms with Gasteiger partial charge in [0.25, 0.3) is 0 Å². The summed E-state index contributed by atoms with van der Waals surface area (Å²) >= 11 is 4.94. The molecule has 136 valence electrons. The zero-order valence-corrected chi connectivity index (χ0v) is 16.8. The van der Waals surface area contributed by atoms with Crippen molar-refractivity contribution in [2.45, 2.75) is 4.90 Å². The average molecular weight is 414 g/mol. The van der Waals surface area contributed by atoms with Crippen molar-refractivity contribution < 1.29 is 9.47 Å². The number of nitrogens with zero attached hydrogens (tertiary/aromatic N) is 2. The number of thiazole rings is 2. The molecule has 3 heterocycles. The van der Waals surface area contributed by atoms with Crippen molar-refractivity contribution in [1.29, 1.82) is 0 Å². The van der Waals surface area contributed by atoms with Crippen LogP contribution in [0.25, 0.3) is 21.5 Å². The molecule has 4 aromatic rings. The van der Waals surface area contributed by atoms with E-state index in [0.717, 1.165) is 38.5 Å².